The molecule has 0 bridgehead atoms. The number of carboxylic acid groups (broad SMARTS) is 1. The van der Waals surface area contributed by atoms with Gasteiger partial charge in [-0.1, -0.05) is 27.7 Å². The van der Waals surface area contributed by atoms with Gasteiger partial charge in [0.15, 0.2) is 11.6 Å². The Balaban J connectivity index is 2.18. The quantitative estimate of drug-likeness (QED) is 0.162. The number of rotatable bonds is 11. The highest BCUT2D eigenvalue weighted by Crippen LogP contribution is 2.34. The van der Waals surface area contributed by atoms with Crippen molar-refractivity contribution >= 4 is 35.0 Å². The maximum Gasteiger partial charge on any atom is 0.353 e. The zero-order chi connectivity index (χ0) is 25.6. The van der Waals surface area contributed by atoms with Crippen LogP contribution in [0.4, 0.5) is 4.39 Å². The average molecular weight is 492 g/mol. The maximum atomic E-state index is 14.2. The van der Waals surface area contributed by atoms with E-state index in [1.165, 1.54) is 12.1 Å². The molecule has 0 saturated heterocycles. The Bertz CT molecular complexity index is 1080. The van der Waals surface area contributed by atoms with Crippen LogP contribution < -0.4 is 15.8 Å². The van der Waals surface area contributed by atoms with E-state index in [-0.39, 0.29) is 33.9 Å². The molecule has 184 valence electrons. The number of aliphatic carboxylic acids is 1. The lowest BCUT2D eigenvalue weighted by Crippen LogP contribution is -2.51. The van der Waals surface area contributed by atoms with E-state index < -0.39 is 29.2 Å². The molecule has 2 rings (SSSR count). The molecule has 1 atom stereocenters. The van der Waals surface area contributed by atoms with Crippen molar-refractivity contribution < 1.29 is 28.6 Å². The second kappa shape index (κ2) is 11.2. The Morgan fingerprint density at radius 2 is 1.85 bits per heavy atom. The van der Waals surface area contributed by atoms with Crippen LogP contribution in [-0.2, 0) is 16.0 Å². The molecule has 10 heteroatoms. The van der Waals surface area contributed by atoms with Gasteiger partial charge in [-0.2, -0.15) is 0 Å². The van der Waals surface area contributed by atoms with Gasteiger partial charge >= 0.3 is 11.9 Å². The van der Waals surface area contributed by atoms with Crippen LogP contribution in [0.3, 0.4) is 0 Å². The lowest BCUT2D eigenvalue weighted by atomic mass is 9.77. The van der Waals surface area contributed by atoms with Crippen molar-refractivity contribution in [1.82, 2.24) is 5.32 Å². The van der Waals surface area contributed by atoms with Crippen LogP contribution in [0.2, 0.25) is 0 Å². The number of carboxylic acids is 1. The first-order valence-electron chi connectivity index (χ1n) is 10.9. The van der Waals surface area contributed by atoms with Crippen LogP contribution in [0.15, 0.2) is 30.3 Å². The molecule has 0 fully saturated rings. The molecule has 1 amide bonds. The fourth-order valence-electron chi connectivity index (χ4n) is 3.53. The minimum Gasteiger partial charge on any atom is -0.480 e. The number of carbonyl (C=O) groups is 3. The van der Waals surface area contributed by atoms with Crippen LogP contribution in [0.5, 0.6) is 5.75 Å². The molecule has 0 unspecified atom stereocenters. The maximum absolute atomic E-state index is 14.2. The zero-order valence-electron chi connectivity index (χ0n) is 19.6. The Hall–Kier alpha value is -3.27. The van der Waals surface area contributed by atoms with Gasteiger partial charge in [0.2, 0.25) is 5.91 Å². The van der Waals surface area contributed by atoms with E-state index in [1.807, 2.05) is 13.8 Å². The Morgan fingerprint density at radius 1 is 1.21 bits per heavy atom. The SMILES string of the molecule is CCC(CC)(Cc1ccc(C(=O)Oc2ccc(C(=N)N)cc2F)s1)C(=O)N[C@H](C(=O)O)C(C)C. The predicted octanol–water partition coefficient (Wildman–Crippen LogP) is 3.96. The molecule has 0 aliphatic carbocycles. The van der Waals surface area contributed by atoms with Gasteiger partial charge in [0.1, 0.15) is 16.8 Å². The number of benzene rings is 1. The average Bonchev–Trinajstić information content (AvgIpc) is 3.24. The topological polar surface area (TPSA) is 143 Å². The highest BCUT2D eigenvalue weighted by atomic mass is 32.1. The number of amidine groups is 1. The minimum atomic E-state index is -1.09. The number of halogens is 1. The van der Waals surface area contributed by atoms with E-state index in [9.17, 15) is 23.9 Å². The van der Waals surface area contributed by atoms with Gasteiger partial charge in [-0.05, 0) is 55.5 Å². The third-order valence-corrected chi connectivity index (χ3v) is 6.94. The Labute approximate surface area is 201 Å². The van der Waals surface area contributed by atoms with Gasteiger partial charge in [0.25, 0.3) is 0 Å². The fourth-order valence-corrected chi connectivity index (χ4v) is 4.55. The molecule has 2 aromatic rings. The number of nitrogen functional groups attached to an aromatic ring is 1. The summed E-state index contributed by atoms with van der Waals surface area (Å²) in [4.78, 5) is 38.2. The summed E-state index contributed by atoms with van der Waals surface area (Å²) < 4.78 is 19.4. The number of nitrogens with two attached hydrogens (primary N) is 1. The standard InChI is InChI=1S/C24H30FN3O5S/c1-5-24(6-2,23(32)28-19(13(3)4)21(29)30)12-15-8-10-18(34-15)22(31)33-17-9-7-14(20(26)27)11-16(17)25/h7-11,13,19H,5-6,12H2,1-4H3,(H3,26,27)(H,28,32)(H,29,30)/t19-/m0/s1. The molecule has 0 radical (unpaired) electrons. The zero-order valence-corrected chi connectivity index (χ0v) is 20.4. The van der Waals surface area contributed by atoms with Gasteiger partial charge in [-0.25, -0.2) is 14.0 Å². The summed E-state index contributed by atoms with van der Waals surface area (Å²) in [5.41, 5.74) is 4.66. The van der Waals surface area contributed by atoms with E-state index in [2.05, 4.69) is 5.32 Å². The van der Waals surface area contributed by atoms with Crippen LogP contribution in [0.25, 0.3) is 0 Å². The number of carbonyl (C=O) groups excluding carboxylic acids is 2. The van der Waals surface area contributed by atoms with Gasteiger partial charge in [-0.15, -0.1) is 11.3 Å². The summed E-state index contributed by atoms with van der Waals surface area (Å²) in [6.07, 6.45) is 1.27. The first-order valence-corrected chi connectivity index (χ1v) is 11.7. The lowest BCUT2D eigenvalue weighted by Gasteiger charge is -2.32. The number of hydrogen-bond acceptors (Lipinski definition) is 6. The van der Waals surface area contributed by atoms with Crippen LogP contribution >= 0.6 is 11.3 Å². The molecular formula is C24H30FN3O5S. The van der Waals surface area contributed by atoms with Crippen LogP contribution in [0.1, 0.15) is 60.6 Å². The predicted molar refractivity (Wildman–Crippen MR) is 128 cm³/mol. The molecule has 1 heterocycles. The van der Waals surface area contributed by atoms with Crippen molar-refractivity contribution in [3.8, 4) is 5.75 Å². The summed E-state index contributed by atoms with van der Waals surface area (Å²) in [5, 5.41) is 19.4. The van der Waals surface area contributed by atoms with Crippen molar-refractivity contribution in [3.05, 3.63) is 51.5 Å². The number of nitrogens with one attached hydrogen (secondary N) is 2. The van der Waals surface area contributed by atoms with E-state index in [1.54, 1.807) is 26.0 Å². The summed E-state index contributed by atoms with van der Waals surface area (Å²) in [7, 11) is 0. The summed E-state index contributed by atoms with van der Waals surface area (Å²) in [5.74, 6) is -3.86. The molecule has 1 aromatic heterocycles. The minimum absolute atomic E-state index is 0.173. The van der Waals surface area contributed by atoms with Crippen molar-refractivity contribution in [2.45, 2.75) is 53.0 Å². The Kier molecular flexibility index (Phi) is 8.92. The molecule has 0 aliphatic heterocycles. The highest BCUT2D eigenvalue weighted by Gasteiger charge is 2.38. The van der Waals surface area contributed by atoms with E-state index in [4.69, 9.17) is 15.9 Å². The number of amides is 1. The van der Waals surface area contributed by atoms with Gasteiger partial charge < -0.3 is 20.9 Å². The number of esters is 1. The molecular weight excluding hydrogens is 461 g/mol. The second-order valence-electron chi connectivity index (χ2n) is 8.41. The van der Waals surface area contributed by atoms with Crippen molar-refractivity contribution in [2.75, 3.05) is 0 Å². The van der Waals surface area contributed by atoms with E-state index in [0.29, 0.717) is 19.3 Å². The van der Waals surface area contributed by atoms with Crippen molar-refractivity contribution in [3.63, 3.8) is 0 Å². The molecule has 0 spiro atoms. The number of hydrogen-bond donors (Lipinski definition) is 4. The largest absolute Gasteiger partial charge is 0.480 e. The second-order valence-corrected chi connectivity index (χ2v) is 9.58. The highest BCUT2D eigenvalue weighted by molar-refractivity contribution is 7.14. The summed E-state index contributed by atoms with van der Waals surface area (Å²) in [6.45, 7) is 7.19. The molecule has 0 aliphatic rings. The van der Waals surface area contributed by atoms with Crippen molar-refractivity contribution in [1.29, 1.82) is 5.41 Å². The molecule has 5 N–H and O–H groups in total. The fraction of sp³-hybridized carbons (Fsp3) is 0.417. The van der Waals surface area contributed by atoms with Gasteiger partial charge in [0, 0.05) is 10.4 Å². The number of thiophene rings is 1. The molecule has 1 aromatic carbocycles. The monoisotopic (exact) mass is 491 g/mol. The molecule has 0 saturated carbocycles. The third kappa shape index (κ3) is 6.19. The van der Waals surface area contributed by atoms with Crippen molar-refractivity contribution in [2.24, 2.45) is 17.1 Å². The summed E-state index contributed by atoms with van der Waals surface area (Å²) >= 11 is 1.13. The van der Waals surface area contributed by atoms with E-state index in [0.717, 1.165) is 22.3 Å². The first kappa shape index (κ1) is 27.0. The molecule has 34 heavy (non-hydrogen) atoms. The Morgan fingerprint density at radius 3 is 2.35 bits per heavy atom. The lowest BCUT2D eigenvalue weighted by molar-refractivity contribution is -0.145. The first-order chi connectivity index (χ1) is 15.9. The molecule has 8 nitrogen and oxygen atoms in total. The van der Waals surface area contributed by atoms with E-state index >= 15 is 0 Å². The van der Waals surface area contributed by atoms with Crippen LogP contribution in [0, 0.1) is 22.6 Å². The number of ether oxygens (including phenoxy) is 1. The van der Waals surface area contributed by atoms with Gasteiger partial charge in [-0.3, -0.25) is 10.2 Å². The third-order valence-electron chi connectivity index (χ3n) is 5.88. The smallest absolute Gasteiger partial charge is 0.353 e. The van der Waals surface area contributed by atoms with Crippen LogP contribution in [-0.4, -0.2) is 34.8 Å². The normalized spacial score (nSPS) is 12.3. The van der Waals surface area contributed by atoms with Gasteiger partial charge in [0.05, 0.1) is 5.41 Å². The summed E-state index contributed by atoms with van der Waals surface area (Å²) in [6, 6.07) is 5.89.